The standard InChI is InChI=1S/C22H23N3O5S/c1-31(29,30)15-5-2-4-13(10-15)17-12-18-14(11-19(17)26)6-7-16-20(18)24-25(9-3-8-23)21(16)22(27)28/h2,4-5,10-12,26H,3,6-9,23H2,1H3,(H,27,28). The Morgan fingerprint density at radius 3 is 2.65 bits per heavy atom. The van der Waals surface area contributed by atoms with E-state index in [9.17, 15) is 23.4 Å². The minimum Gasteiger partial charge on any atom is -0.507 e. The van der Waals surface area contributed by atoms with Gasteiger partial charge in [-0.05, 0) is 61.2 Å². The van der Waals surface area contributed by atoms with Gasteiger partial charge in [0.2, 0.25) is 0 Å². The van der Waals surface area contributed by atoms with Gasteiger partial charge in [-0.25, -0.2) is 13.2 Å². The SMILES string of the molecule is CS(=O)(=O)c1cccc(-c2cc3c(cc2O)CCc2c-3nn(CCCN)c2C(=O)O)c1. The van der Waals surface area contributed by atoms with Crippen LogP contribution in [0.5, 0.6) is 5.75 Å². The van der Waals surface area contributed by atoms with Gasteiger partial charge in [-0.3, -0.25) is 4.68 Å². The van der Waals surface area contributed by atoms with Crippen LogP contribution < -0.4 is 5.73 Å². The lowest BCUT2D eigenvalue weighted by molar-refractivity contribution is 0.0681. The Balaban J connectivity index is 1.88. The van der Waals surface area contributed by atoms with Crippen molar-refractivity contribution in [3.05, 3.63) is 53.2 Å². The number of aromatic carboxylic acids is 1. The molecule has 0 atom stereocenters. The Kier molecular flexibility index (Phi) is 5.32. The lowest BCUT2D eigenvalue weighted by atomic mass is 9.86. The van der Waals surface area contributed by atoms with Crippen LogP contribution in [0.3, 0.4) is 0 Å². The van der Waals surface area contributed by atoms with Gasteiger partial charge in [0.05, 0.1) is 10.6 Å². The van der Waals surface area contributed by atoms with Crippen molar-refractivity contribution in [3.8, 4) is 28.1 Å². The highest BCUT2D eigenvalue weighted by molar-refractivity contribution is 7.90. The highest BCUT2D eigenvalue weighted by Crippen LogP contribution is 2.41. The molecule has 0 unspecified atom stereocenters. The van der Waals surface area contributed by atoms with Crippen LogP contribution >= 0.6 is 0 Å². The Hall–Kier alpha value is -3.17. The molecular formula is C22H23N3O5S. The molecule has 0 spiro atoms. The van der Waals surface area contributed by atoms with E-state index in [4.69, 9.17) is 5.73 Å². The molecule has 1 aliphatic carbocycles. The van der Waals surface area contributed by atoms with Gasteiger partial charge in [-0.15, -0.1) is 0 Å². The van der Waals surface area contributed by atoms with Crippen molar-refractivity contribution in [1.29, 1.82) is 0 Å². The number of carboxylic acid groups (broad SMARTS) is 1. The first-order valence-corrected chi connectivity index (χ1v) is 11.8. The fraction of sp³-hybridized carbons (Fsp3) is 0.273. The van der Waals surface area contributed by atoms with Crippen LogP contribution in [0.4, 0.5) is 0 Å². The highest BCUT2D eigenvalue weighted by atomic mass is 32.2. The van der Waals surface area contributed by atoms with Gasteiger partial charge in [0.15, 0.2) is 9.84 Å². The number of hydrogen-bond acceptors (Lipinski definition) is 6. The first-order chi connectivity index (χ1) is 14.7. The van der Waals surface area contributed by atoms with Crippen LogP contribution in [-0.4, -0.2) is 47.2 Å². The summed E-state index contributed by atoms with van der Waals surface area (Å²) in [6.07, 6.45) is 2.82. The molecule has 1 aliphatic rings. The third kappa shape index (κ3) is 3.82. The summed E-state index contributed by atoms with van der Waals surface area (Å²) in [7, 11) is -3.41. The van der Waals surface area contributed by atoms with Crippen LogP contribution in [-0.2, 0) is 29.2 Å². The number of aryl methyl sites for hydroxylation is 2. The topological polar surface area (TPSA) is 136 Å². The summed E-state index contributed by atoms with van der Waals surface area (Å²) in [5.41, 5.74) is 9.63. The molecule has 9 heteroatoms. The van der Waals surface area contributed by atoms with E-state index in [1.807, 2.05) is 0 Å². The molecule has 0 fully saturated rings. The number of aromatic hydroxyl groups is 1. The molecular weight excluding hydrogens is 418 g/mol. The fourth-order valence-corrected chi connectivity index (χ4v) is 4.71. The molecule has 8 nitrogen and oxygen atoms in total. The molecule has 31 heavy (non-hydrogen) atoms. The number of phenols is 1. The Labute approximate surface area is 179 Å². The quantitative estimate of drug-likeness (QED) is 0.535. The van der Waals surface area contributed by atoms with Gasteiger partial charge in [0, 0.05) is 29.5 Å². The van der Waals surface area contributed by atoms with Gasteiger partial charge in [-0.1, -0.05) is 12.1 Å². The average molecular weight is 442 g/mol. The highest BCUT2D eigenvalue weighted by Gasteiger charge is 2.29. The third-order valence-electron chi connectivity index (χ3n) is 5.52. The van der Waals surface area contributed by atoms with E-state index >= 15 is 0 Å². The zero-order chi connectivity index (χ0) is 22.3. The van der Waals surface area contributed by atoms with Crippen LogP contribution in [0.15, 0.2) is 41.3 Å². The maximum Gasteiger partial charge on any atom is 0.354 e. The zero-order valence-corrected chi connectivity index (χ0v) is 17.8. The summed E-state index contributed by atoms with van der Waals surface area (Å²) in [5, 5.41) is 25.0. The number of benzene rings is 2. The first-order valence-electron chi connectivity index (χ1n) is 9.90. The van der Waals surface area contributed by atoms with Crippen molar-refractivity contribution < 1.29 is 23.4 Å². The molecule has 4 rings (SSSR count). The molecule has 1 heterocycles. The van der Waals surface area contributed by atoms with E-state index in [1.165, 1.54) is 16.8 Å². The number of nitrogens with zero attached hydrogens (tertiary/aromatic N) is 2. The van der Waals surface area contributed by atoms with Gasteiger partial charge >= 0.3 is 5.97 Å². The second-order valence-electron chi connectivity index (χ2n) is 7.67. The van der Waals surface area contributed by atoms with E-state index in [-0.39, 0.29) is 16.3 Å². The van der Waals surface area contributed by atoms with Crippen LogP contribution in [0, 0.1) is 0 Å². The lowest BCUT2D eigenvalue weighted by Gasteiger charge is -2.18. The van der Waals surface area contributed by atoms with Gasteiger partial charge in [-0.2, -0.15) is 5.10 Å². The fourth-order valence-electron chi connectivity index (χ4n) is 4.04. The number of carboxylic acids is 1. The maximum atomic E-state index is 11.9. The summed E-state index contributed by atoms with van der Waals surface area (Å²) < 4.78 is 25.4. The van der Waals surface area contributed by atoms with Crippen molar-refractivity contribution in [1.82, 2.24) is 9.78 Å². The van der Waals surface area contributed by atoms with Gasteiger partial charge < -0.3 is 15.9 Å². The molecule has 0 radical (unpaired) electrons. The minimum absolute atomic E-state index is 0.0360. The van der Waals surface area contributed by atoms with Crippen molar-refractivity contribution in [2.24, 2.45) is 5.73 Å². The van der Waals surface area contributed by atoms with E-state index in [0.29, 0.717) is 54.7 Å². The van der Waals surface area contributed by atoms with E-state index in [2.05, 4.69) is 5.10 Å². The summed E-state index contributed by atoms with van der Waals surface area (Å²) >= 11 is 0. The van der Waals surface area contributed by atoms with Gasteiger partial charge in [0.1, 0.15) is 11.4 Å². The second kappa shape index (κ2) is 7.82. The lowest BCUT2D eigenvalue weighted by Crippen LogP contribution is -2.14. The molecule has 0 aliphatic heterocycles. The van der Waals surface area contributed by atoms with Crippen molar-refractivity contribution in [3.63, 3.8) is 0 Å². The molecule has 162 valence electrons. The molecule has 1 aromatic heterocycles. The maximum absolute atomic E-state index is 11.9. The normalized spacial score (nSPS) is 13.0. The second-order valence-corrected chi connectivity index (χ2v) is 9.69. The van der Waals surface area contributed by atoms with E-state index in [1.54, 1.807) is 24.3 Å². The van der Waals surface area contributed by atoms with E-state index < -0.39 is 15.8 Å². The largest absolute Gasteiger partial charge is 0.507 e. The number of carbonyl (C=O) groups is 1. The van der Waals surface area contributed by atoms with Gasteiger partial charge in [0.25, 0.3) is 0 Å². The minimum atomic E-state index is -3.41. The van der Waals surface area contributed by atoms with E-state index in [0.717, 1.165) is 17.4 Å². The summed E-state index contributed by atoms with van der Waals surface area (Å²) in [6.45, 7) is 0.830. The monoisotopic (exact) mass is 441 g/mol. The van der Waals surface area contributed by atoms with Crippen LogP contribution in [0.2, 0.25) is 0 Å². The van der Waals surface area contributed by atoms with Crippen molar-refractivity contribution in [2.45, 2.75) is 30.7 Å². The molecule has 0 saturated carbocycles. The average Bonchev–Trinajstić information content (AvgIpc) is 3.10. The zero-order valence-electron chi connectivity index (χ0n) is 17.0. The predicted molar refractivity (Wildman–Crippen MR) is 116 cm³/mol. The molecule has 0 saturated heterocycles. The number of nitrogens with two attached hydrogens (primary N) is 1. The number of hydrogen-bond donors (Lipinski definition) is 3. The summed E-state index contributed by atoms with van der Waals surface area (Å²) in [5.74, 6) is -0.997. The Morgan fingerprint density at radius 1 is 1.19 bits per heavy atom. The third-order valence-corrected chi connectivity index (χ3v) is 6.63. The number of aromatic nitrogens is 2. The number of phenolic OH excluding ortho intramolecular Hbond substituents is 1. The molecule has 3 aromatic rings. The first kappa shape index (κ1) is 21.1. The summed E-state index contributed by atoms with van der Waals surface area (Å²) in [4.78, 5) is 12.1. The van der Waals surface area contributed by atoms with Crippen LogP contribution in [0.1, 0.15) is 28.0 Å². The smallest absolute Gasteiger partial charge is 0.354 e. The predicted octanol–water partition coefficient (Wildman–Crippen LogP) is 2.47. The van der Waals surface area contributed by atoms with Crippen LogP contribution in [0.25, 0.3) is 22.4 Å². The van der Waals surface area contributed by atoms with Crippen molar-refractivity contribution in [2.75, 3.05) is 12.8 Å². The number of sulfone groups is 1. The molecule has 0 bridgehead atoms. The Bertz CT molecular complexity index is 1290. The molecule has 0 amide bonds. The van der Waals surface area contributed by atoms with Crippen molar-refractivity contribution >= 4 is 15.8 Å². The number of rotatable bonds is 6. The molecule has 4 N–H and O–H groups in total. The number of fused-ring (bicyclic) bond motifs is 3. The summed E-state index contributed by atoms with van der Waals surface area (Å²) in [6, 6.07) is 9.78. The Morgan fingerprint density at radius 2 is 1.97 bits per heavy atom. The molecule has 2 aromatic carbocycles.